The average molecular weight is 254 g/mol. The fraction of sp³-hybridized carbons (Fsp3) is 0.0769. The van der Waals surface area contributed by atoms with E-state index in [2.05, 4.69) is 9.98 Å². The van der Waals surface area contributed by atoms with Crippen molar-refractivity contribution in [2.75, 3.05) is 6.79 Å². The third-order valence-corrected chi connectivity index (χ3v) is 3.12. The molecule has 0 saturated heterocycles. The number of ketones is 2. The van der Waals surface area contributed by atoms with Crippen LogP contribution in [0.2, 0.25) is 0 Å². The number of hydrogen-bond acceptors (Lipinski definition) is 6. The van der Waals surface area contributed by atoms with Gasteiger partial charge in [0.2, 0.25) is 6.79 Å². The van der Waals surface area contributed by atoms with Gasteiger partial charge in [0.1, 0.15) is 10.7 Å². The Balaban J connectivity index is 2.29. The first-order valence-corrected chi connectivity index (χ1v) is 5.60. The van der Waals surface area contributed by atoms with Gasteiger partial charge in [0.25, 0.3) is 0 Å². The lowest BCUT2D eigenvalue weighted by Crippen LogP contribution is -2.37. The smallest absolute Gasteiger partial charge is 0.231 e. The Labute approximate surface area is 106 Å². The molecule has 0 bridgehead atoms. The molecule has 3 aliphatic rings. The third-order valence-electron chi connectivity index (χ3n) is 3.12. The molecule has 6 heteroatoms. The first-order valence-electron chi connectivity index (χ1n) is 5.60. The van der Waals surface area contributed by atoms with Crippen LogP contribution in [-0.2, 0) is 0 Å². The van der Waals surface area contributed by atoms with Crippen LogP contribution < -0.4 is 20.2 Å². The second-order valence-electron chi connectivity index (χ2n) is 4.13. The van der Waals surface area contributed by atoms with Crippen LogP contribution in [0.4, 0.5) is 0 Å². The van der Waals surface area contributed by atoms with Gasteiger partial charge in [-0.1, -0.05) is 0 Å². The molecular formula is C13H6N2O4. The average Bonchev–Trinajstić information content (AvgIpc) is 2.88. The molecule has 3 aliphatic heterocycles. The topological polar surface area (TPSA) is 77.3 Å². The SMILES string of the molecule is O=C1C=CN=c2c1c1c(c3c2=NC=CC3=O)OCO1. The lowest BCUT2D eigenvalue weighted by molar-refractivity contribution is 0.102. The van der Waals surface area contributed by atoms with E-state index >= 15 is 0 Å². The summed E-state index contributed by atoms with van der Waals surface area (Å²) in [5.41, 5.74) is 0.612. The predicted molar refractivity (Wildman–Crippen MR) is 61.8 cm³/mol. The van der Waals surface area contributed by atoms with Crippen molar-refractivity contribution in [1.82, 2.24) is 0 Å². The zero-order chi connectivity index (χ0) is 13.0. The number of benzene rings is 1. The molecule has 3 heterocycles. The molecule has 4 rings (SSSR count). The van der Waals surface area contributed by atoms with Crippen LogP contribution in [0.25, 0.3) is 0 Å². The Morgan fingerprint density at radius 1 is 0.842 bits per heavy atom. The Morgan fingerprint density at radius 3 is 1.79 bits per heavy atom. The number of fused-ring (bicyclic) bond motifs is 6. The number of nitrogens with zero attached hydrogens (tertiary/aromatic N) is 2. The number of allylic oxidation sites excluding steroid dienone is 2. The van der Waals surface area contributed by atoms with Crippen molar-refractivity contribution in [1.29, 1.82) is 0 Å². The summed E-state index contributed by atoms with van der Waals surface area (Å²) in [6.07, 6.45) is 5.48. The molecule has 6 nitrogen and oxygen atoms in total. The second-order valence-corrected chi connectivity index (χ2v) is 4.13. The van der Waals surface area contributed by atoms with E-state index in [9.17, 15) is 9.59 Å². The van der Waals surface area contributed by atoms with Crippen LogP contribution in [0, 0.1) is 0 Å². The Morgan fingerprint density at radius 2 is 1.32 bits per heavy atom. The minimum absolute atomic E-state index is 0.0216. The molecular weight excluding hydrogens is 248 g/mol. The molecule has 0 N–H and O–H groups in total. The van der Waals surface area contributed by atoms with Crippen molar-refractivity contribution < 1.29 is 19.1 Å². The summed E-state index contributed by atoms with van der Waals surface area (Å²) in [7, 11) is 0. The largest absolute Gasteiger partial charge is 0.453 e. The van der Waals surface area contributed by atoms with Gasteiger partial charge in [-0.2, -0.15) is 0 Å². The van der Waals surface area contributed by atoms with E-state index in [1.165, 1.54) is 24.6 Å². The molecule has 0 saturated carbocycles. The van der Waals surface area contributed by atoms with Crippen molar-refractivity contribution >= 4 is 11.6 Å². The van der Waals surface area contributed by atoms with Crippen LogP contribution in [0.15, 0.2) is 34.5 Å². The van der Waals surface area contributed by atoms with Crippen LogP contribution in [-0.4, -0.2) is 18.4 Å². The summed E-state index contributed by atoms with van der Waals surface area (Å²) in [6.45, 7) is -0.0216. The molecule has 19 heavy (non-hydrogen) atoms. The number of rotatable bonds is 0. The molecule has 1 aromatic rings. The second kappa shape index (κ2) is 3.38. The van der Waals surface area contributed by atoms with E-state index in [4.69, 9.17) is 9.47 Å². The van der Waals surface area contributed by atoms with Crippen LogP contribution >= 0.6 is 0 Å². The van der Waals surface area contributed by atoms with Crippen molar-refractivity contribution in [3.63, 3.8) is 0 Å². The van der Waals surface area contributed by atoms with E-state index in [0.29, 0.717) is 21.8 Å². The number of ether oxygens (including phenoxy) is 2. The number of carbonyl (C=O) groups is 2. The molecule has 1 aromatic carbocycles. The maximum atomic E-state index is 12.0. The predicted octanol–water partition coefficient (Wildman–Crippen LogP) is 0.0745. The van der Waals surface area contributed by atoms with Gasteiger partial charge < -0.3 is 9.47 Å². The lowest BCUT2D eigenvalue weighted by Gasteiger charge is -2.11. The van der Waals surface area contributed by atoms with E-state index in [-0.39, 0.29) is 29.9 Å². The zero-order valence-corrected chi connectivity index (χ0v) is 9.54. The summed E-state index contributed by atoms with van der Waals surface area (Å²) in [5, 5.41) is 0.730. The first kappa shape index (κ1) is 10.2. The van der Waals surface area contributed by atoms with E-state index in [0.717, 1.165) is 0 Å². The van der Waals surface area contributed by atoms with Crippen LogP contribution in [0.5, 0.6) is 11.5 Å². The Hall–Kier alpha value is -2.76. The van der Waals surface area contributed by atoms with Gasteiger partial charge in [0.05, 0.1) is 11.1 Å². The van der Waals surface area contributed by atoms with E-state index in [1.54, 1.807) is 0 Å². The molecule has 92 valence electrons. The molecule has 0 fully saturated rings. The van der Waals surface area contributed by atoms with Gasteiger partial charge >= 0.3 is 0 Å². The van der Waals surface area contributed by atoms with Gasteiger partial charge in [-0.3, -0.25) is 19.6 Å². The normalized spacial score (nSPS) is 17.7. The standard InChI is InChI=1S/C13H6N2O4/c16-6-1-3-14-10-8(6)12-13(19-5-18-12)9-7(17)2-4-15-11(9)10/h1-4H,5H2. The summed E-state index contributed by atoms with van der Waals surface area (Å²) >= 11 is 0. The van der Waals surface area contributed by atoms with Crippen LogP contribution in [0.1, 0.15) is 20.7 Å². The van der Waals surface area contributed by atoms with Gasteiger partial charge in [0.15, 0.2) is 23.1 Å². The van der Waals surface area contributed by atoms with Gasteiger partial charge in [-0.05, 0) is 0 Å². The maximum absolute atomic E-state index is 12.0. The minimum atomic E-state index is -0.230. The van der Waals surface area contributed by atoms with Crippen molar-refractivity contribution in [3.05, 3.63) is 46.4 Å². The Bertz CT molecular complexity index is 764. The molecule has 0 atom stereocenters. The van der Waals surface area contributed by atoms with E-state index < -0.39 is 0 Å². The minimum Gasteiger partial charge on any atom is -0.453 e. The maximum Gasteiger partial charge on any atom is 0.231 e. The molecule has 0 radical (unpaired) electrons. The highest BCUT2D eigenvalue weighted by Crippen LogP contribution is 2.37. The summed E-state index contributed by atoms with van der Waals surface area (Å²) in [4.78, 5) is 32.3. The van der Waals surface area contributed by atoms with Crippen molar-refractivity contribution in [3.8, 4) is 11.5 Å². The number of hydrogen-bond donors (Lipinski definition) is 0. The van der Waals surface area contributed by atoms with Crippen molar-refractivity contribution in [2.24, 2.45) is 9.98 Å². The third kappa shape index (κ3) is 1.20. The summed E-state index contributed by atoms with van der Waals surface area (Å²) in [5.74, 6) is 0.106. The summed E-state index contributed by atoms with van der Waals surface area (Å²) in [6, 6.07) is 0. The summed E-state index contributed by atoms with van der Waals surface area (Å²) < 4.78 is 10.7. The molecule has 0 spiro atoms. The fourth-order valence-corrected chi connectivity index (χ4v) is 2.34. The van der Waals surface area contributed by atoms with E-state index in [1.807, 2.05) is 0 Å². The highest BCUT2D eigenvalue weighted by molar-refractivity contribution is 6.12. The number of carbonyl (C=O) groups excluding carboxylic acids is 2. The molecule has 0 amide bonds. The molecule has 0 aliphatic carbocycles. The zero-order valence-electron chi connectivity index (χ0n) is 9.54. The first-order chi connectivity index (χ1) is 9.27. The fourth-order valence-electron chi connectivity index (χ4n) is 2.34. The monoisotopic (exact) mass is 254 g/mol. The highest BCUT2D eigenvalue weighted by atomic mass is 16.7. The lowest BCUT2D eigenvalue weighted by atomic mass is 9.98. The Kier molecular flexibility index (Phi) is 1.81. The quantitative estimate of drug-likeness (QED) is 0.656. The van der Waals surface area contributed by atoms with Gasteiger partial charge in [-0.25, -0.2) is 0 Å². The highest BCUT2D eigenvalue weighted by Gasteiger charge is 2.32. The molecule has 0 unspecified atom stereocenters. The molecule has 0 aromatic heterocycles. The van der Waals surface area contributed by atoms with Gasteiger partial charge in [-0.15, -0.1) is 0 Å². The van der Waals surface area contributed by atoms with Gasteiger partial charge in [0, 0.05) is 24.6 Å². The van der Waals surface area contributed by atoms with Crippen molar-refractivity contribution in [2.45, 2.75) is 0 Å². The van der Waals surface area contributed by atoms with Crippen LogP contribution in [0.3, 0.4) is 0 Å².